The molecule has 0 radical (unpaired) electrons. The number of piperazine rings is 1. The number of halogens is 3. The second-order valence-corrected chi connectivity index (χ2v) is 11.7. The number of aromatic nitrogens is 1. The maximum absolute atomic E-state index is 16.8. The third-order valence-corrected chi connectivity index (χ3v) is 9.29. The Balaban J connectivity index is 1.74. The molecule has 3 aromatic rings. The molecule has 3 unspecified atom stereocenters. The maximum atomic E-state index is 16.8. The molecule has 3 atom stereocenters. The van der Waals surface area contributed by atoms with Gasteiger partial charge in [0.15, 0.2) is 5.82 Å². The van der Waals surface area contributed by atoms with Crippen LogP contribution in [-0.2, 0) is 4.79 Å². The Bertz CT molecular complexity index is 1570. The van der Waals surface area contributed by atoms with Crippen molar-refractivity contribution in [1.29, 1.82) is 5.41 Å². The van der Waals surface area contributed by atoms with Gasteiger partial charge in [-0.05, 0) is 44.5 Å². The van der Waals surface area contributed by atoms with Crippen LogP contribution in [0.5, 0.6) is 0 Å². The molecule has 1 fully saturated rings. The number of amides is 1. The summed E-state index contributed by atoms with van der Waals surface area (Å²) in [5.41, 5.74) is 1.43. The highest BCUT2D eigenvalue weighted by Gasteiger charge is 2.40. The van der Waals surface area contributed by atoms with E-state index in [4.69, 9.17) is 11.6 Å². The quantitative estimate of drug-likeness (QED) is 0.299. The zero-order valence-corrected chi connectivity index (χ0v) is 24.4. The molecular formula is C30H30ClF2N5O2S. The van der Waals surface area contributed by atoms with Crippen LogP contribution in [0.25, 0.3) is 11.1 Å². The molecule has 3 N–H and O–H groups in total. The van der Waals surface area contributed by atoms with Crippen molar-refractivity contribution in [2.75, 3.05) is 24.2 Å². The van der Waals surface area contributed by atoms with Crippen LogP contribution < -0.4 is 5.32 Å². The summed E-state index contributed by atoms with van der Waals surface area (Å²) in [5.74, 6) is -1.16. The number of aliphatic hydroxyl groups is 1. The zero-order valence-electron chi connectivity index (χ0n) is 22.8. The van der Waals surface area contributed by atoms with E-state index < -0.39 is 17.7 Å². The molecule has 7 nitrogen and oxygen atoms in total. The number of pyridine rings is 1. The van der Waals surface area contributed by atoms with Crippen LogP contribution in [0.2, 0.25) is 5.02 Å². The Morgan fingerprint density at radius 2 is 2.00 bits per heavy atom. The fraction of sp³-hybridized carbons (Fsp3) is 0.300. The molecule has 11 heteroatoms. The predicted molar refractivity (Wildman–Crippen MR) is 159 cm³/mol. The zero-order chi connectivity index (χ0) is 29.6. The first-order valence-electron chi connectivity index (χ1n) is 13.2. The third kappa shape index (κ3) is 5.09. The molecule has 0 bridgehead atoms. The normalized spacial score (nSPS) is 19.2. The number of aryl methyl sites for hydroxylation is 1. The number of anilines is 2. The average Bonchev–Trinajstić information content (AvgIpc) is 3.08. The van der Waals surface area contributed by atoms with Gasteiger partial charge in [-0.3, -0.25) is 15.2 Å². The number of carbonyl (C=O) groups excluding carboxylic acids is 1. The topological polar surface area (TPSA) is 92.5 Å². The molecule has 214 valence electrons. The summed E-state index contributed by atoms with van der Waals surface area (Å²) in [7, 11) is 0. The van der Waals surface area contributed by atoms with Gasteiger partial charge in [0.2, 0.25) is 5.91 Å². The first-order chi connectivity index (χ1) is 19.5. The van der Waals surface area contributed by atoms with Gasteiger partial charge in [0.25, 0.3) is 0 Å². The fourth-order valence-corrected chi connectivity index (χ4v) is 7.09. The number of amidine groups is 1. The summed E-state index contributed by atoms with van der Waals surface area (Å²) < 4.78 is 31.8. The minimum absolute atomic E-state index is 0.00785. The molecule has 2 aliphatic heterocycles. The molecule has 0 saturated carbocycles. The third-order valence-electron chi connectivity index (χ3n) is 7.56. The summed E-state index contributed by atoms with van der Waals surface area (Å²) in [5, 5.41) is 22.9. The Labute approximate surface area is 246 Å². The molecule has 2 aliphatic rings. The van der Waals surface area contributed by atoms with E-state index in [0.29, 0.717) is 40.7 Å². The number of hydrogen-bond donors (Lipinski definition) is 3. The average molecular weight is 598 g/mol. The summed E-state index contributed by atoms with van der Waals surface area (Å²) in [4.78, 5) is 20.9. The largest absolute Gasteiger partial charge is 0.387 e. The van der Waals surface area contributed by atoms with E-state index in [0.717, 1.165) is 0 Å². The van der Waals surface area contributed by atoms with Crippen molar-refractivity contribution in [1.82, 2.24) is 14.8 Å². The standard InChI is InChI=1S/C30H30ClF2N5O2S/c1-5-21(40)37-13-18-14-41-29-23(30(34)38(18)12-16(37)3)28(36-26-15(2)10-11-35-27(26)17(4)39)25(33)22(24(29)31)19-8-6-7-9-20(19)32/h5-11,16-18,34,36,39H,1,12-14H2,2-4H3. The number of benzene rings is 2. The summed E-state index contributed by atoms with van der Waals surface area (Å²) >= 11 is 8.23. The highest BCUT2D eigenvalue weighted by Crippen LogP contribution is 2.49. The molecule has 1 aromatic heterocycles. The minimum atomic E-state index is -0.966. The second-order valence-electron chi connectivity index (χ2n) is 10.3. The Morgan fingerprint density at radius 1 is 1.27 bits per heavy atom. The molecule has 5 rings (SSSR count). The lowest BCUT2D eigenvalue weighted by molar-refractivity contribution is -0.130. The highest BCUT2D eigenvalue weighted by molar-refractivity contribution is 7.99. The van der Waals surface area contributed by atoms with Crippen molar-refractivity contribution in [2.45, 2.75) is 43.9 Å². The van der Waals surface area contributed by atoms with Crippen LogP contribution in [0.15, 0.2) is 54.1 Å². The van der Waals surface area contributed by atoms with Crippen LogP contribution in [0, 0.1) is 24.0 Å². The first-order valence-corrected chi connectivity index (χ1v) is 14.5. The minimum Gasteiger partial charge on any atom is -0.387 e. The van der Waals surface area contributed by atoms with Gasteiger partial charge in [0, 0.05) is 47.1 Å². The van der Waals surface area contributed by atoms with Crippen LogP contribution in [0.1, 0.15) is 36.8 Å². The Kier molecular flexibility index (Phi) is 8.09. The Morgan fingerprint density at radius 3 is 2.68 bits per heavy atom. The van der Waals surface area contributed by atoms with E-state index in [-0.39, 0.29) is 51.2 Å². The van der Waals surface area contributed by atoms with E-state index in [1.807, 2.05) is 11.8 Å². The number of aliphatic hydroxyl groups excluding tert-OH is 1. The van der Waals surface area contributed by atoms with Crippen LogP contribution in [-0.4, -0.2) is 62.6 Å². The smallest absolute Gasteiger partial charge is 0.246 e. The molecule has 2 aromatic carbocycles. The van der Waals surface area contributed by atoms with Gasteiger partial charge in [-0.25, -0.2) is 8.78 Å². The van der Waals surface area contributed by atoms with Gasteiger partial charge in [-0.1, -0.05) is 36.4 Å². The molecule has 0 spiro atoms. The van der Waals surface area contributed by atoms with Gasteiger partial charge in [-0.2, -0.15) is 0 Å². The van der Waals surface area contributed by atoms with E-state index in [9.17, 15) is 15.3 Å². The van der Waals surface area contributed by atoms with Gasteiger partial charge >= 0.3 is 0 Å². The van der Waals surface area contributed by atoms with E-state index >= 15 is 8.78 Å². The lowest BCUT2D eigenvalue weighted by atomic mass is 9.97. The van der Waals surface area contributed by atoms with Crippen LogP contribution in [0.4, 0.5) is 20.2 Å². The summed E-state index contributed by atoms with van der Waals surface area (Å²) in [6, 6.07) is 7.07. The molecule has 1 amide bonds. The SMILES string of the molecule is C=CC(=O)N1CC2CSc3c(Cl)c(-c4ccccc4F)c(F)c(Nc4c(C)ccnc4C(C)O)c3C(=N)N2CC1C. The van der Waals surface area contributed by atoms with Crippen molar-refractivity contribution in [2.24, 2.45) is 0 Å². The molecule has 41 heavy (non-hydrogen) atoms. The maximum Gasteiger partial charge on any atom is 0.246 e. The van der Waals surface area contributed by atoms with Gasteiger partial charge < -0.3 is 20.2 Å². The molecular weight excluding hydrogens is 568 g/mol. The van der Waals surface area contributed by atoms with E-state index in [2.05, 4.69) is 16.9 Å². The van der Waals surface area contributed by atoms with Crippen LogP contribution in [0.3, 0.4) is 0 Å². The summed E-state index contributed by atoms with van der Waals surface area (Å²) in [6.45, 7) is 9.57. The van der Waals surface area contributed by atoms with Crippen molar-refractivity contribution in [3.63, 3.8) is 0 Å². The van der Waals surface area contributed by atoms with E-state index in [1.165, 1.54) is 36.0 Å². The van der Waals surface area contributed by atoms with Crippen molar-refractivity contribution in [3.8, 4) is 11.1 Å². The van der Waals surface area contributed by atoms with Gasteiger partial charge in [0.1, 0.15) is 11.7 Å². The van der Waals surface area contributed by atoms with Crippen molar-refractivity contribution < 1.29 is 18.7 Å². The number of thioether (sulfide) groups is 1. The lowest BCUT2D eigenvalue weighted by Gasteiger charge is -2.45. The monoisotopic (exact) mass is 597 g/mol. The van der Waals surface area contributed by atoms with Crippen molar-refractivity contribution >= 4 is 46.5 Å². The number of hydrogen-bond acceptors (Lipinski definition) is 6. The first kappa shape index (κ1) is 29.0. The number of fused-ring (bicyclic) bond motifs is 2. The molecule has 3 heterocycles. The highest BCUT2D eigenvalue weighted by atomic mass is 35.5. The van der Waals surface area contributed by atoms with Crippen LogP contribution >= 0.6 is 23.4 Å². The summed E-state index contributed by atoms with van der Waals surface area (Å²) in [6.07, 6.45) is 1.87. The second kappa shape index (κ2) is 11.4. The number of carbonyl (C=O) groups is 1. The molecule has 0 aliphatic carbocycles. The van der Waals surface area contributed by atoms with Crippen molar-refractivity contribution in [3.05, 3.63) is 82.7 Å². The van der Waals surface area contributed by atoms with Gasteiger partial charge in [-0.15, -0.1) is 11.8 Å². The molecule has 1 saturated heterocycles. The Hall–Kier alpha value is -3.47. The number of rotatable bonds is 5. The predicted octanol–water partition coefficient (Wildman–Crippen LogP) is 6.30. The van der Waals surface area contributed by atoms with Gasteiger partial charge in [0.05, 0.1) is 39.8 Å². The van der Waals surface area contributed by atoms with E-state index in [1.54, 1.807) is 37.1 Å². The fourth-order valence-electron chi connectivity index (χ4n) is 5.43. The number of nitrogens with zero attached hydrogens (tertiary/aromatic N) is 3. The number of nitrogens with one attached hydrogen (secondary N) is 2. The lowest BCUT2D eigenvalue weighted by Crippen LogP contribution is -2.60.